The van der Waals surface area contributed by atoms with E-state index in [0.29, 0.717) is 22.8 Å². The van der Waals surface area contributed by atoms with E-state index in [1.165, 1.54) is 22.8 Å². The highest BCUT2D eigenvalue weighted by Crippen LogP contribution is 2.32. The van der Waals surface area contributed by atoms with Gasteiger partial charge in [-0.25, -0.2) is 9.50 Å². The third-order valence-electron chi connectivity index (χ3n) is 4.31. The van der Waals surface area contributed by atoms with Crippen molar-refractivity contribution in [1.29, 1.82) is 0 Å². The van der Waals surface area contributed by atoms with Crippen LogP contribution in [-0.2, 0) is 6.18 Å². The molecule has 2 aromatic carbocycles. The van der Waals surface area contributed by atoms with Crippen LogP contribution in [0, 0.1) is 0 Å². The Bertz CT molecular complexity index is 1200. The minimum atomic E-state index is -4.44. The number of nitrogens with zero attached hydrogens (tertiary/aromatic N) is 4. The lowest BCUT2D eigenvalue weighted by atomic mass is 10.2. The van der Waals surface area contributed by atoms with Gasteiger partial charge in [0, 0.05) is 42.0 Å². The highest BCUT2D eigenvalue weighted by atomic mass is 19.4. The maximum Gasteiger partial charge on any atom is 0.416 e. The molecule has 2 heterocycles. The van der Waals surface area contributed by atoms with Gasteiger partial charge in [0.1, 0.15) is 11.5 Å². The fourth-order valence-electron chi connectivity index (χ4n) is 2.88. The summed E-state index contributed by atoms with van der Waals surface area (Å²) in [5, 5.41) is 10.3. The van der Waals surface area contributed by atoms with Crippen LogP contribution < -0.4 is 20.1 Å². The molecule has 160 valence electrons. The molecule has 0 fully saturated rings. The Labute approximate surface area is 174 Å². The minimum Gasteiger partial charge on any atom is -0.497 e. The second-order valence-corrected chi connectivity index (χ2v) is 6.41. The molecule has 0 saturated heterocycles. The first kappa shape index (κ1) is 20.3. The van der Waals surface area contributed by atoms with Gasteiger partial charge in [-0.1, -0.05) is 6.07 Å². The molecule has 2 N–H and O–H groups in total. The second kappa shape index (κ2) is 8.01. The second-order valence-electron chi connectivity index (χ2n) is 6.41. The van der Waals surface area contributed by atoms with Gasteiger partial charge >= 0.3 is 6.18 Å². The quantitative estimate of drug-likeness (QED) is 0.461. The van der Waals surface area contributed by atoms with Gasteiger partial charge in [-0.2, -0.15) is 18.2 Å². The van der Waals surface area contributed by atoms with Gasteiger partial charge in [-0.3, -0.25) is 0 Å². The first-order valence-corrected chi connectivity index (χ1v) is 9.01. The van der Waals surface area contributed by atoms with Crippen LogP contribution in [0.15, 0.2) is 54.9 Å². The number of hydrogen-bond donors (Lipinski definition) is 2. The first-order chi connectivity index (χ1) is 14.9. The molecule has 0 radical (unpaired) electrons. The Morgan fingerprint density at radius 3 is 2.35 bits per heavy atom. The van der Waals surface area contributed by atoms with Crippen LogP contribution in [0.4, 0.5) is 36.3 Å². The van der Waals surface area contributed by atoms with Crippen LogP contribution >= 0.6 is 0 Å². The Morgan fingerprint density at radius 1 is 0.935 bits per heavy atom. The molecule has 8 nitrogen and oxygen atoms in total. The highest BCUT2D eigenvalue weighted by molar-refractivity contribution is 5.71. The largest absolute Gasteiger partial charge is 0.497 e. The van der Waals surface area contributed by atoms with Gasteiger partial charge in [0.2, 0.25) is 11.6 Å². The SMILES string of the molecule is COc1cc(Nc2nc3c(Nc4cccc(C(F)(F)F)c4)nccn3n2)cc(OC)c1. The molecule has 0 atom stereocenters. The predicted octanol–water partition coefficient (Wildman–Crippen LogP) is 4.65. The number of aromatic nitrogens is 4. The summed E-state index contributed by atoms with van der Waals surface area (Å²) in [5.41, 5.74) is 0.426. The molecular weight excluding hydrogens is 413 g/mol. The lowest BCUT2D eigenvalue weighted by Gasteiger charge is -2.10. The summed E-state index contributed by atoms with van der Waals surface area (Å²) >= 11 is 0. The van der Waals surface area contributed by atoms with Crippen molar-refractivity contribution in [2.45, 2.75) is 6.18 Å². The molecule has 0 bridgehead atoms. The summed E-state index contributed by atoms with van der Waals surface area (Å²) in [6.07, 6.45) is -1.39. The number of nitrogens with one attached hydrogen (secondary N) is 2. The molecule has 0 unspecified atom stereocenters. The number of hydrogen-bond acceptors (Lipinski definition) is 7. The number of anilines is 4. The standard InChI is InChI=1S/C20H17F3N6O2/c1-30-15-9-14(10-16(11-15)31-2)26-19-27-18-17(24-6-7-29(18)28-19)25-13-5-3-4-12(8-13)20(21,22)23/h3-11H,1-2H3,(H,24,25)(H,26,28). The molecule has 0 amide bonds. The van der Waals surface area contributed by atoms with Crippen LogP contribution in [0.25, 0.3) is 5.65 Å². The summed E-state index contributed by atoms with van der Waals surface area (Å²) in [4.78, 5) is 8.58. The monoisotopic (exact) mass is 430 g/mol. The molecule has 2 aromatic heterocycles. The lowest BCUT2D eigenvalue weighted by molar-refractivity contribution is -0.137. The van der Waals surface area contributed by atoms with Crippen molar-refractivity contribution in [3.8, 4) is 11.5 Å². The summed E-state index contributed by atoms with van der Waals surface area (Å²) in [5.74, 6) is 1.68. The summed E-state index contributed by atoms with van der Waals surface area (Å²) < 4.78 is 50.9. The zero-order valence-corrected chi connectivity index (χ0v) is 16.4. The molecule has 4 rings (SSSR count). The Balaban J connectivity index is 1.64. The number of ether oxygens (including phenoxy) is 2. The number of halogens is 3. The van der Waals surface area contributed by atoms with Crippen LogP contribution in [0.1, 0.15) is 5.56 Å². The van der Waals surface area contributed by atoms with E-state index in [9.17, 15) is 13.2 Å². The predicted molar refractivity (Wildman–Crippen MR) is 108 cm³/mol. The van der Waals surface area contributed by atoms with Crippen LogP contribution in [0.5, 0.6) is 11.5 Å². The first-order valence-electron chi connectivity index (χ1n) is 9.01. The molecule has 31 heavy (non-hydrogen) atoms. The molecule has 0 saturated carbocycles. The molecule has 0 spiro atoms. The number of methoxy groups -OCH3 is 2. The van der Waals surface area contributed by atoms with E-state index in [-0.39, 0.29) is 17.5 Å². The highest BCUT2D eigenvalue weighted by Gasteiger charge is 2.30. The van der Waals surface area contributed by atoms with Crippen LogP contribution in [0.2, 0.25) is 0 Å². The van der Waals surface area contributed by atoms with Crippen molar-refractivity contribution in [2.24, 2.45) is 0 Å². The van der Waals surface area contributed by atoms with Crippen molar-refractivity contribution in [1.82, 2.24) is 19.6 Å². The average molecular weight is 430 g/mol. The number of fused-ring (bicyclic) bond motifs is 1. The molecule has 0 aliphatic heterocycles. The van der Waals surface area contributed by atoms with Crippen molar-refractivity contribution in [3.05, 3.63) is 60.4 Å². The third-order valence-corrected chi connectivity index (χ3v) is 4.31. The smallest absolute Gasteiger partial charge is 0.416 e. The average Bonchev–Trinajstić information content (AvgIpc) is 3.16. The van der Waals surface area contributed by atoms with E-state index in [0.717, 1.165) is 12.1 Å². The van der Waals surface area contributed by atoms with Crippen molar-refractivity contribution < 1.29 is 22.6 Å². The summed E-state index contributed by atoms with van der Waals surface area (Å²) in [6, 6.07) is 10.0. The molecule has 0 aliphatic rings. The van der Waals surface area contributed by atoms with Gasteiger partial charge in [0.15, 0.2) is 5.82 Å². The minimum absolute atomic E-state index is 0.227. The topological polar surface area (TPSA) is 85.6 Å². The third kappa shape index (κ3) is 4.44. The van der Waals surface area contributed by atoms with E-state index >= 15 is 0 Å². The normalized spacial score (nSPS) is 11.4. The van der Waals surface area contributed by atoms with Gasteiger partial charge in [-0.05, 0) is 18.2 Å². The van der Waals surface area contributed by atoms with E-state index < -0.39 is 11.7 Å². The van der Waals surface area contributed by atoms with Gasteiger partial charge in [0.05, 0.1) is 19.8 Å². The number of rotatable bonds is 6. The van der Waals surface area contributed by atoms with Crippen LogP contribution in [-0.4, -0.2) is 33.8 Å². The van der Waals surface area contributed by atoms with E-state index in [1.807, 2.05) is 0 Å². The molecular formula is C20H17F3N6O2. The van der Waals surface area contributed by atoms with Gasteiger partial charge in [0.25, 0.3) is 0 Å². The maximum atomic E-state index is 13.0. The summed E-state index contributed by atoms with van der Waals surface area (Å²) in [7, 11) is 3.08. The number of alkyl halides is 3. The van der Waals surface area contributed by atoms with Crippen molar-refractivity contribution in [2.75, 3.05) is 24.9 Å². The van der Waals surface area contributed by atoms with Crippen molar-refractivity contribution in [3.63, 3.8) is 0 Å². The summed E-state index contributed by atoms with van der Waals surface area (Å²) in [6.45, 7) is 0. The molecule has 4 aromatic rings. The molecule has 0 aliphatic carbocycles. The maximum absolute atomic E-state index is 13.0. The van der Waals surface area contributed by atoms with E-state index in [2.05, 4.69) is 25.7 Å². The fraction of sp³-hybridized carbons (Fsp3) is 0.150. The van der Waals surface area contributed by atoms with E-state index in [1.54, 1.807) is 38.6 Å². The Kier molecular flexibility index (Phi) is 5.24. The van der Waals surface area contributed by atoms with Gasteiger partial charge < -0.3 is 20.1 Å². The zero-order chi connectivity index (χ0) is 22.0. The fourth-order valence-corrected chi connectivity index (χ4v) is 2.88. The lowest BCUT2D eigenvalue weighted by Crippen LogP contribution is -2.05. The van der Waals surface area contributed by atoms with Gasteiger partial charge in [-0.15, -0.1) is 5.10 Å². The zero-order valence-electron chi connectivity index (χ0n) is 16.4. The van der Waals surface area contributed by atoms with E-state index in [4.69, 9.17) is 9.47 Å². The number of benzene rings is 2. The van der Waals surface area contributed by atoms with Crippen molar-refractivity contribution >= 4 is 28.8 Å². The Morgan fingerprint density at radius 2 is 1.68 bits per heavy atom. The van der Waals surface area contributed by atoms with Crippen LogP contribution in [0.3, 0.4) is 0 Å². The Hall–Kier alpha value is -4.02. The molecule has 11 heteroatoms.